The van der Waals surface area contributed by atoms with Gasteiger partial charge in [-0.05, 0) is 43.0 Å². The topological polar surface area (TPSA) is 67.2 Å². The van der Waals surface area contributed by atoms with Crippen LogP contribution in [0.2, 0.25) is 0 Å². The van der Waals surface area contributed by atoms with Crippen molar-refractivity contribution in [2.45, 2.75) is 38.4 Å². The smallest absolute Gasteiger partial charge is 0.290 e. The number of hydrogen-bond acceptors (Lipinski definition) is 3. The van der Waals surface area contributed by atoms with E-state index in [4.69, 9.17) is 0 Å². The fraction of sp³-hybridized carbons (Fsp3) is 0.250. The number of fused-ring (bicyclic) bond motifs is 3. The standard InChI is InChI=1S/C28H28N4O2/c1-28(27(34)29-19-22-13-6-3-7-14-22)20-31-24-17-9-8-16-23(24)30-25(31)26(33)32(28)18-10-15-21-11-4-2-5-12-21/h2-9,11-14,16-17H,10,15,18-20H2,1H3,(H,29,34)/t28-/m1/s1. The van der Waals surface area contributed by atoms with Crippen LogP contribution in [-0.2, 0) is 24.3 Å². The van der Waals surface area contributed by atoms with Crippen LogP contribution in [0.1, 0.15) is 35.1 Å². The molecule has 0 fully saturated rings. The summed E-state index contributed by atoms with van der Waals surface area (Å²) in [7, 11) is 0. The Balaban J connectivity index is 1.43. The molecule has 2 amide bonds. The Morgan fingerprint density at radius 2 is 1.59 bits per heavy atom. The van der Waals surface area contributed by atoms with Crippen molar-refractivity contribution in [1.82, 2.24) is 19.8 Å². The quantitative estimate of drug-likeness (QED) is 0.457. The monoisotopic (exact) mass is 452 g/mol. The van der Waals surface area contributed by atoms with E-state index in [1.165, 1.54) is 5.56 Å². The van der Waals surface area contributed by atoms with E-state index in [1.54, 1.807) is 4.90 Å². The zero-order valence-corrected chi connectivity index (χ0v) is 19.3. The van der Waals surface area contributed by atoms with Gasteiger partial charge in [0.25, 0.3) is 5.91 Å². The molecule has 1 aliphatic rings. The first-order valence-electron chi connectivity index (χ1n) is 11.7. The highest BCUT2D eigenvalue weighted by atomic mass is 16.2. The lowest BCUT2D eigenvalue weighted by molar-refractivity contribution is -0.133. The Morgan fingerprint density at radius 1 is 0.941 bits per heavy atom. The molecule has 4 aromatic rings. The zero-order valence-electron chi connectivity index (χ0n) is 19.3. The Labute approximate surface area is 199 Å². The number of para-hydroxylation sites is 2. The van der Waals surface area contributed by atoms with E-state index < -0.39 is 5.54 Å². The molecule has 0 bridgehead atoms. The largest absolute Gasteiger partial charge is 0.350 e. The minimum atomic E-state index is -1.03. The van der Waals surface area contributed by atoms with Crippen molar-refractivity contribution in [2.24, 2.45) is 0 Å². The average Bonchev–Trinajstić information content (AvgIpc) is 3.24. The minimum absolute atomic E-state index is 0.159. The highest BCUT2D eigenvalue weighted by molar-refractivity contribution is 6.01. The molecule has 2 heterocycles. The molecular weight excluding hydrogens is 424 g/mol. The summed E-state index contributed by atoms with van der Waals surface area (Å²) in [6.07, 6.45) is 1.60. The number of imidazole rings is 1. The summed E-state index contributed by atoms with van der Waals surface area (Å²) < 4.78 is 1.90. The fourth-order valence-corrected chi connectivity index (χ4v) is 4.73. The van der Waals surface area contributed by atoms with Crippen LogP contribution < -0.4 is 5.32 Å². The molecule has 0 saturated carbocycles. The number of aromatic nitrogens is 2. The van der Waals surface area contributed by atoms with Crippen LogP contribution in [0.25, 0.3) is 11.0 Å². The summed E-state index contributed by atoms with van der Waals surface area (Å²) in [6.45, 7) is 3.12. The Kier molecular flexibility index (Phi) is 5.88. The Bertz CT molecular complexity index is 1320. The lowest BCUT2D eigenvalue weighted by Gasteiger charge is -2.43. The number of rotatable bonds is 7. The highest BCUT2D eigenvalue weighted by Crippen LogP contribution is 2.31. The van der Waals surface area contributed by atoms with Crippen LogP contribution in [0.5, 0.6) is 0 Å². The first kappa shape index (κ1) is 21.9. The summed E-state index contributed by atoms with van der Waals surface area (Å²) in [5.41, 5.74) is 2.85. The molecule has 1 atom stereocenters. The van der Waals surface area contributed by atoms with Gasteiger partial charge in [0.15, 0.2) is 5.82 Å². The molecule has 0 unspecified atom stereocenters. The normalized spacial score (nSPS) is 17.6. The number of amides is 2. The van der Waals surface area contributed by atoms with Gasteiger partial charge in [-0.25, -0.2) is 4.98 Å². The summed E-state index contributed by atoms with van der Waals surface area (Å²) >= 11 is 0. The van der Waals surface area contributed by atoms with Crippen molar-refractivity contribution in [3.63, 3.8) is 0 Å². The van der Waals surface area contributed by atoms with Crippen LogP contribution in [0, 0.1) is 0 Å². The second kappa shape index (κ2) is 9.14. The fourth-order valence-electron chi connectivity index (χ4n) is 4.73. The maximum atomic E-state index is 13.7. The molecule has 1 N–H and O–H groups in total. The number of hydrogen-bond donors (Lipinski definition) is 1. The van der Waals surface area contributed by atoms with E-state index in [1.807, 2.05) is 84.3 Å². The lowest BCUT2D eigenvalue weighted by Crippen LogP contribution is -2.64. The van der Waals surface area contributed by atoms with Crippen LogP contribution >= 0.6 is 0 Å². The van der Waals surface area contributed by atoms with Crippen molar-refractivity contribution in [1.29, 1.82) is 0 Å². The molecule has 0 spiro atoms. The summed E-state index contributed by atoms with van der Waals surface area (Å²) in [4.78, 5) is 33.6. The molecule has 5 rings (SSSR count). The number of nitrogens with one attached hydrogen (secondary N) is 1. The van der Waals surface area contributed by atoms with Gasteiger partial charge in [0, 0.05) is 13.1 Å². The maximum Gasteiger partial charge on any atom is 0.290 e. The molecule has 172 valence electrons. The third kappa shape index (κ3) is 4.07. The van der Waals surface area contributed by atoms with Gasteiger partial charge in [0.2, 0.25) is 5.91 Å². The number of aryl methyl sites for hydroxylation is 1. The Hall–Kier alpha value is -3.93. The third-order valence-corrected chi connectivity index (χ3v) is 6.63. The van der Waals surface area contributed by atoms with Crippen molar-refractivity contribution < 1.29 is 9.59 Å². The number of carbonyl (C=O) groups excluding carboxylic acids is 2. The molecule has 6 heteroatoms. The van der Waals surface area contributed by atoms with Crippen LogP contribution in [0.4, 0.5) is 0 Å². The molecule has 3 aromatic carbocycles. The minimum Gasteiger partial charge on any atom is -0.350 e. The van der Waals surface area contributed by atoms with E-state index in [-0.39, 0.29) is 11.8 Å². The van der Waals surface area contributed by atoms with Crippen molar-refractivity contribution in [2.75, 3.05) is 6.54 Å². The predicted molar refractivity (Wildman–Crippen MR) is 132 cm³/mol. The van der Waals surface area contributed by atoms with Gasteiger partial charge >= 0.3 is 0 Å². The van der Waals surface area contributed by atoms with Gasteiger partial charge in [-0.3, -0.25) is 9.59 Å². The van der Waals surface area contributed by atoms with E-state index >= 15 is 0 Å². The van der Waals surface area contributed by atoms with Gasteiger partial charge in [-0.1, -0.05) is 72.8 Å². The zero-order chi connectivity index (χ0) is 23.5. The molecule has 6 nitrogen and oxygen atoms in total. The van der Waals surface area contributed by atoms with Crippen LogP contribution in [-0.4, -0.2) is 38.3 Å². The van der Waals surface area contributed by atoms with Crippen molar-refractivity contribution in [3.05, 3.63) is 102 Å². The average molecular weight is 453 g/mol. The summed E-state index contributed by atoms with van der Waals surface area (Å²) in [5.74, 6) is 0.0370. The molecule has 1 aromatic heterocycles. The van der Waals surface area contributed by atoms with Gasteiger partial charge in [0.05, 0.1) is 17.6 Å². The van der Waals surface area contributed by atoms with Crippen LogP contribution in [0.15, 0.2) is 84.9 Å². The summed E-state index contributed by atoms with van der Waals surface area (Å²) in [6, 6.07) is 27.7. The highest BCUT2D eigenvalue weighted by Gasteiger charge is 2.48. The second-order valence-electron chi connectivity index (χ2n) is 9.00. The first-order chi connectivity index (χ1) is 16.6. The van der Waals surface area contributed by atoms with Crippen molar-refractivity contribution in [3.8, 4) is 0 Å². The van der Waals surface area contributed by atoms with Gasteiger partial charge in [-0.15, -0.1) is 0 Å². The molecule has 1 aliphatic heterocycles. The van der Waals surface area contributed by atoms with Gasteiger partial charge < -0.3 is 14.8 Å². The van der Waals surface area contributed by atoms with E-state index in [0.29, 0.717) is 25.5 Å². The number of carbonyl (C=O) groups is 2. The SMILES string of the molecule is C[C@]1(C(=O)NCc2ccccc2)Cn2c(nc3ccccc32)C(=O)N1CCCc1ccccc1. The molecule has 0 aliphatic carbocycles. The first-order valence-corrected chi connectivity index (χ1v) is 11.7. The third-order valence-electron chi connectivity index (χ3n) is 6.63. The summed E-state index contributed by atoms with van der Waals surface area (Å²) in [5, 5.41) is 3.07. The van der Waals surface area contributed by atoms with Crippen LogP contribution in [0.3, 0.4) is 0 Å². The van der Waals surface area contributed by atoms with Crippen molar-refractivity contribution >= 4 is 22.8 Å². The molecule has 0 radical (unpaired) electrons. The molecule has 34 heavy (non-hydrogen) atoms. The van der Waals surface area contributed by atoms with E-state index in [0.717, 1.165) is 29.4 Å². The van der Waals surface area contributed by atoms with E-state index in [2.05, 4.69) is 22.4 Å². The predicted octanol–water partition coefficient (Wildman–Crippen LogP) is 4.20. The van der Waals surface area contributed by atoms with Gasteiger partial charge in [0.1, 0.15) is 5.54 Å². The number of benzene rings is 3. The Morgan fingerprint density at radius 3 is 2.32 bits per heavy atom. The second-order valence-corrected chi connectivity index (χ2v) is 9.00. The lowest BCUT2D eigenvalue weighted by atomic mass is 9.94. The molecular formula is C28H28N4O2. The molecule has 0 saturated heterocycles. The maximum absolute atomic E-state index is 13.7. The van der Waals surface area contributed by atoms with E-state index in [9.17, 15) is 9.59 Å². The van der Waals surface area contributed by atoms with Gasteiger partial charge in [-0.2, -0.15) is 0 Å². The number of nitrogens with zero attached hydrogens (tertiary/aromatic N) is 3.